The number of halogens is 1. The van der Waals surface area contributed by atoms with Crippen molar-refractivity contribution in [2.45, 2.75) is 6.42 Å². The zero-order chi connectivity index (χ0) is 8.97. The van der Waals surface area contributed by atoms with Crippen molar-refractivity contribution < 1.29 is 9.84 Å². The van der Waals surface area contributed by atoms with Crippen molar-refractivity contribution in [1.29, 1.82) is 0 Å². The Labute approximate surface area is 80.3 Å². The van der Waals surface area contributed by atoms with Crippen molar-refractivity contribution in [3.63, 3.8) is 0 Å². The lowest BCUT2D eigenvalue weighted by Crippen LogP contribution is -1.94. The first-order valence-electron chi connectivity index (χ1n) is 3.70. The average Bonchev–Trinajstić information content (AvgIpc) is 2.07. The number of methoxy groups -OCH3 is 1. The summed E-state index contributed by atoms with van der Waals surface area (Å²) in [5, 5.41) is 9.39. The maximum Gasteiger partial charge on any atom is 0.118 e. The molecule has 0 saturated heterocycles. The molecule has 0 fully saturated rings. The van der Waals surface area contributed by atoms with Gasteiger partial charge in [0.25, 0.3) is 0 Å². The summed E-state index contributed by atoms with van der Waals surface area (Å²) in [6, 6.07) is 5.38. The minimum atomic E-state index is 0.329. The van der Waals surface area contributed by atoms with Crippen molar-refractivity contribution in [3.05, 3.63) is 28.2 Å². The van der Waals surface area contributed by atoms with Crippen LogP contribution in [0.5, 0.6) is 5.75 Å². The predicted molar refractivity (Wildman–Crippen MR) is 51.4 cm³/mol. The van der Waals surface area contributed by atoms with Crippen molar-refractivity contribution >= 4 is 15.9 Å². The second-order valence-electron chi connectivity index (χ2n) is 2.52. The lowest BCUT2D eigenvalue weighted by Gasteiger charge is -2.03. The van der Waals surface area contributed by atoms with Crippen LogP contribution in [0.3, 0.4) is 0 Å². The maximum atomic E-state index is 9.39. The van der Waals surface area contributed by atoms with E-state index in [1.807, 2.05) is 12.1 Å². The van der Waals surface area contributed by atoms with Crippen LogP contribution in [0.2, 0.25) is 0 Å². The molecule has 0 spiro atoms. The second-order valence-corrected chi connectivity index (χ2v) is 3.43. The van der Waals surface area contributed by atoms with E-state index in [1.54, 1.807) is 13.2 Å². The molecule has 12 heavy (non-hydrogen) atoms. The predicted octanol–water partition coefficient (Wildman–Crippen LogP) is 2.34. The van der Waals surface area contributed by atoms with Gasteiger partial charge in [-0.25, -0.2) is 0 Å². The van der Waals surface area contributed by atoms with E-state index in [0.717, 1.165) is 16.5 Å². The monoisotopic (exact) mass is 230 g/mol. The first kappa shape index (κ1) is 9.55. The number of ether oxygens (including phenoxy) is 1. The first-order valence-corrected chi connectivity index (χ1v) is 4.49. The molecule has 1 N–H and O–H groups in total. The molecule has 0 saturated carbocycles. The second kappa shape index (κ2) is 4.48. The molecule has 0 aliphatic heterocycles. The molecule has 0 radical (unpaired) electrons. The number of aromatic hydroxyl groups is 1. The van der Waals surface area contributed by atoms with Crippen molar-refractivity contribution in [1.82, 2.24) is 0 Å². The van der Waals surface area contributed by atoms with Crippen molar-refractivity contribution in [2.24, 2.45) is 0 Å². The fourth-order valence-electron chi connectivity index (χ4n) is 0.966. The van der Waals surface area contributed by atoms with Gasteiger partial charge in [0.1, 0.15) is 5.75 Å². The standard InChI is InChI=1S/C9H11BrO2/c1-12-5-4-7-6-8(10)2-3-9(7)11/h2-3,6,11H,4-5H2,1H3. The average molecular weight is 231 g/mol. The van der Waals surface area contributed by atoms with Crippen LogP contribution in [0.15, 0.2) is 22.7 Å². The molecule has 0 aliphatic rings. The molecule has 0 heterocycles. The van der Waals surface area contributed by atoms with E-state index < -0.39 is 0 Å². The molecule has 1 rings (SSSR count). The Hall–Kier alpha value is -0.540. The Balaban J connectivity index is 2.75. The van der Waals surface area contributed by atoms with Crippen LogP contribution in [-0.4, -0.2) is 18.8 Å². The van der Waals surface area contributed by atoms with E-state index in [1.165, 1.54) is 0 Å². The Morgan fingerprint density at radius 1 is 1.50 bits per heavy atom. The fourth-order valence-corrected chi connectivity index (χ4v) is 1.37. The van der Waals surface area contributed by atoms with Gasteiger partial charge in [-0.3, -0.25) is 0 Å². The highest BCUT2D eigenvalue weighted by molar-refractivity contribution is 9.10. The van der Waals surface area contributed by atoms with Crippen molar-refractivity contribution in [3.8, 4) is 5.75 Å². The van der Waals surface area contributed by atoms with Gasteiger partial charge >= 0.3 is 0 Å². The van der Waals surface area contributed by atoms with E-state index in [2.05, 4.69) is 15.9 Å². The fraction of sp³-hybridized carbons (Fsp3) is 0.333. The highest BCUT2D eigenvalue weighted by Crippen LogP contribution is 2.21. The lowest BCUT2D eigenvalue weighted by molar-refractivity contribution is 0.201. The van der Waals surface area contributed by atoms with Crippen LogP contribution in [0, 0.1) is 0 Å². The molecule has 0 atom stereocenters. The van der Waals surface area contributed by atoms with Crippen LogP contribution in [0.1, 0.15) is 5.56 Å². The summed E-state index contributed by atoms with van der Waals surface area (Å²) in [5.74, 6) is 0.329. The lowest BCUT2D eigenvalue weighted by atomic mass is 10.1. The SMILES string of the molecule is COCCc1cc(Br)ccc1O. The molecule has 0 bridgehead atoms. The first-order chi connectivity index (χ1) is 5.74. The smallest absolute Gasteiger partial charge is 0.118 e. The molecule has 3 heteroatoms. The molecule has 1 aromatic carbocycles. The van der Waals surface area contributed by atoms with E-state index in [9.17, 15) is 5.11 Å². The number of hydrogen-bond donors (Lipinski definition) is 1. The van der Waals surface area contributed by atoms with Gasteiger partial charge in [0.15, 0.2) is 0 Å². The van der Waals surface area contributed by atoms with Crippen LogP contribution >= 0.6 is 15.9 Å². The largest absolute Gasteiger partial charge is 0.508 e. The summed E-state index contributed by atoms with van der Waals surface area (Å²) in [7, 11) is 1.65. The highest BCUT2D eigenvalue weighted by atomic mass is 79.9. The van der Waals surface area contributed by atoms with Crippen LogP contribution in [0.4, 0.5) is 0 Å². The van der Waals surface area contributed by atoms with Gasteiger partial charge in [0.2, 0.25) is 0 Å². The third kappa shape index (κ3) is 2.50. The van der Waals surface area contributed by atoms with Gasteiger partial charge in [-0.15, -0.1) is 0 Å². The Morgan fingerprint density at radius 2 is 2.25 bits per heavy atom. The molecule has 0 unspecified atom stereocenters. The summed E-state index contributed by atoms with van der Waals surface area (Å²) in [5.41, 5.74) is 0.909. The van der Waals surface area contributed by atoms with Gasteiger partial charge in [-0.1, -0.05) is 15.9 Å². The molecule has 2 nitrogen and oxygen atoms in total. The summed E-state index contributed by atoms with van der Waals surface area (Å²) in [6.45, 7) is 0.629. The summed E-state index contributed by atoms with van der Waals surface area (Å²) >= 11 is 3.34. The highest BCUT2D eigenvalue weighted by Gasteiger charge is 2.00. The number of benzene rings is 1. The van der Waals surface area contributed by atoms with Crippen LogP contribution < -0.4 is 0 Å². The maximum absolute atomic E-state index is 9.39. The molecule has 0 aromatic heterocycles. The molecule has 1 aromatic rings. The molecular weight excluding hydrogens is 220 g/mol. The Kier molecular flexibility index (Phi) is 3.56. The minimum absolute atomic E-state index is 0.329. The zero-order valence-electron chi connectivity index (χ0n) is 6.88. The zero-order valence-corrected chi connectivity index (χ0v) is 8.47. The van der Waals surface area contributed by atoms with Crippen LogP contribution in [-0.2, 0) is 11.2 Å². The molecule has 0 aliphatic carbocycles. The minimum Gasteiger partial charge on any atom is -0.508 e. The van der Waals surface area contributed by atoms with E-state index >= 15 is 0 Å². The van der Waals surface area contributed by atoms with E-state index in [-0.39, 0.29) is 0 Å². The van der Waals surface area contributed by atoms with Gasteiger partial charge < -0.3 is 9.84 Å². The normalized spacial score (nSPS) is 10.2. The third-order valence-electron chi connectivity index (χ3n) is 1.62. The Bertz CT molecular complexity index is 261. The van der Waals surface area contributed by atoms with Gasteiger partial charge in [0, 0.05) is 11.6 Å². The molecule has 0 amide bonds. The van der Waals surface area contributed by atoms with Gasteiger partial charge in [0.05, 0.1) is 6.61 Å². The topological polar surface area (TPSA) is 29.5 Å². The quantitative estimate of drug-likeness (QED) is 0.865. The third-order valence-corrected chi connectivity index (χ3v) is 2.11. The van der Waals surface area contributed by atoms with Gasteiger partial charge in [-0.05, 0) is 30.2 Å². The van der Waals surface area contributed by atoms with E-state index in [4.69, 9.17) is 4.74 Å². The Morgan fingerprint density at radius 3 is 2.92 bits per heavy atom. The van der Waals surface area contributed by atoms with Crippen molar-refractivity contribution in [2.75, 3.05) is 13.7 Å². The number of phenols is 1. The number of hydrogen-bond acceptors (Lipinski definition) is 2. The van der Waals surface area contributed by atoms with Crippen LogP contribution in [0.25, 0.3) is 0 Å². The summed E-state index contributed by atoms with van der Waals surface area (Å²) in [6.07, 6.45) is 0.738. The molecule has 66 valence electrons. The van der Waals surface area contributed by atoms with E-state index in [0.29, 0.717) is 12.4 Å². The summed E-state index contributed by atoms with van der Waals surface area (Å²) < 4.78 is 5.89. The summed E-state index contributed by atoms with van der Waals surface area (Å²) in [4.78, 5) is 0. The van der Waals surface area contributed by atoms with Gasteiger partial charge in [-0.2, -0.15) is 0 Å². The molecular formula is C9H11BrO2. The number of phenolic OH excluding ortho intramolecular Hbond substituents is 1. The number of rotatable bonds is 3.